The van der Waals surface area contributed by atoms with Gasteiger partial charge in [-0.25, -0.2) is 14.4 Å². The summed E-state index contributed by atoms with van der Waals surface area (Å²) in [4.78, 5) is 115. The highest BCUT2D eigenvalue weighted by Crippen LogP contribution is 2.10. The molecule has 4 amide bonds. The number of aryl methyl sites for hydroxylation is 5. The van der Waals surface area contributed by atoms with Crippen LogP contribution in [-0.2, 0) is 96.6 Å². The minimum absolute atomic E-state index is 0.0268. The second-order valence-electron chi connectivity index (χ2n) is 24.1. The van der Waals surface area contributed by atoms with Crippen LogP contribution in [-0.4, -0.2) is 232 Å². The van der Waals surface area contributed by atoms with Crippen molar-refractivity contribution in [3.05, 3.63) is 171 Å². The van der Waals surface area contributed by atoms with E-state index in [9.17, 15) is 61.2 Å². The highest BCUT2D eigenvalue weighted by atomic mass is 32.2. The summed E-state index contributed by atoms with van der Waals surface area (Å²) in [6.45, 7) is 20.8. The van der Waals surface area contributed by atoms with Crippen LogP contribution in [0.3, 0.4) is 0 Å². The Labute approximate surface area is 673 Å². The molecule has 0 aliphatic carbocycles. The summed E-state index contributed by atoms with van der Waals surface area (Å²) >= 11 is 4.00. The molecular formula is C78H121N9O25S2. The normalized spacial score (nSPS) is 9.96. The number of nitrogens with one attached hydrogen (secondary N) is 7. The zero-order chi connectivity index (χ0) is 86.8. The van der Waals surface area contributed by atoms with E-state index in [2.05, 4.69) is 133 Å². The van der Waals surface area contributed by atoms with E-state index in [1.54, 1.807) is 36.4 Å². The minimum atomic E-state index is -4.02. The smallest absolute Gasteiger partial charge is 0.335 e. The van der Waals surface area contributed by atoms with Crippen LogP contribution in [0.15, 0.2) is 126 Å². The van der Waals surface area contributed by atoms with Crippen LogP contribution >= 0.6 is 12.6 Å². The molecule has 19 N–H and O–H groups in total. The van der Waals surface area contributed by atoms with Crippen LogP contribution < -0.4 is 48.7 Å². The summed E-state index contributed by atoms with van der Waals surface area (Å²) in [5.74, 6) is -7.14. The molecule has 0 aliphatic rings. The molecule has 0 bridgehead atoms. The number of carboxylic acids is 7. The number of hydrogen-bond donors (Lipinski definition) is 18. The monoisotopic (exact) mass is 1650 g/mol. The SMILES string of the molecule is CCCCS.COCCNC(=O)CCC(=O)O.Cc1ccc(C(=O)O)cc1.Cc1ccc(CNC(=O)CCC(=O)O)cc1.Cc1ccc(CNCCN)cc1.Cc1ccc(CNCCNCCN)cc1.Cc1ccc(S(=O)(=O)O)cc1.O=C(O)CCC(=O)NCCOCCNC(=O)CCC(=O)O.O=C(O)COCCOCC(=O)O. The summed E-state index contributed by atoms with van der Waals surface area (Å²) in [5, 5.41) is 78.1. The molecule has 0 aliphatic heterocycles. The van der Waals surface area contributed by atoms with Gasteiger partial charge in [0, 0.05) is 111 Å². The lowest BCUT2D eigenvalue weighted by atomic mass is 10.1. The van der Waals surface area contributed by atoms with Crippen LogP contribution in [0.1, 0.15) is 126 Å². The maximum atomic E-state index is 11.2. The van der Waals surface area contributed by atoms with Crippen molar-refractivity contribution in [2.45, 2.75) is 130 Å². The van der Waals surface area contributed by atoms with Gasteiger partial charge in [-0.15, -0.1) is 0 Å². The first-order valence-corrected chi connectivity index (χ1v) is 38.4. The predicted molar refractivity (Wildman–Crippen MR) is 434 cm³/mol. The van der Waals surface area contributed by atoms with E-state index in [1.807, 2.05) is 45.0 Å². The number of hydrogen-bond acceptors (Lipinski definition) is 23. The van der Waals surface area contributed by atoms with E-state index < -0.39 is 65.1 Å². The number of nitrogens with two attached hydrogens (primary N) is 2. The topological polar surface area (TPSA) is 557 Å². The van der Waals surface area contributed by atoms with E-state index in [0.29, 0.717) is 38.3 Å². The number of aliphatic carboxylic acids is 6. The number of carbonyl (C=O) groups is 11. The van der Waals surface area contributed by atoms with Gasteiger partial charge in [0.2, 0.25) is 23.6 Å². The Bertz CT molecular complexity index is 3470. The Morgan fingerprint density at radius 3 is 0.982 bits per heavy atom. The highest BCUT2D eigenvalue weighted by Gasteiger charge is 2.10. The Morgan fingerprint density at radius 1 is 0.377 bits per heavy atom. The molecule has 0 aromatic heterocycles. The van der Waals surface area contributed by atoms with Crippen molar-refractivity contribution >= 4 is 88.2 Å². The summed E-state index contributed by atoms with van der Waals surface area (Å²) in [6, 6.07) is 37.7. The number of amides is 4. The maximum absolute atomic E-state index is 11.2. The fourth-order valence-electron chi connectivity index (χ4n) is 7.45. The van der Waals surface area contributed by atoms with Gasteiger partial charge in [-0.05, 0) is 87.7 Å². The van der Waals surface area contributed by atoms with Crippen molar-refractivity contribution in [2.24, 2.45) is 11.5 Å². The molecule has 5 aromatic rings. The molecule has 0 heterocycles. The Morgan fingerprint density at radius 2 is 0.684 bits per heavy atom. The van der Waals surface area contributed by atoms with Crippen molar-refractivity contribution in [1.29, 1.82) is 0 Å². The lowest BCUT2D eigenvalue weighted by Gasteiger charge is -2.07. The van der Waals surface area contributed by atoms with E-state index in [1.165, 1.54) is 59.9 Å². The zero-order valence-corrected chi connectivity index (χ0v) is 68.0. The number of methoxy groups -OCH3 is 1. The fourth-order valence-corrected chi connectivity index (χ4v) is 8.24. The molecule has 36 heteroatoms. The van der Waals surface area contributed by atoms with Gasteiger partial charge in [0.1, 0.15) is 13.2 Å². The molecule has 34 nitrogen and oxygen atoms in total. The van der Waals surface area contributed by atoms with Gasteiger partial charge in [-0.3, -0.25) is 42.9 Å². The second kappa shape index (κ2) is 74.6. The van der Waals surface area contributed by atoms with Gasteiger partial charge in [0.15, 0.2) is 0 Å². The Hall–Kier alpha value is -9.83. The summed E-state index contributed by atoms with van der Waals surface area (Å²) in [7, 11) is -2.49. The first-order valence-electron chi connectivity index (χ1n) is 36.3. The van der Waals surface area contributed by atoms with Crippen molar-refractivity contribution < 1.29 is 120 Å². The lowest BCUT2D eigenvalue weighted by Crippen LogP contribution is -2.30. The van der Waals surface area contributed by atoms with Crippen LogP contribution in [0.5, 0.6) is 0 Å². The summed E-state index contributed by atoms with van der Waals surface area (Å²) in [6.07, 6.45) is 1.75. The number of benzene rings is 5. The molecule has 0 spiro atoms. The number of carbonyl (C=O) groups excluding carboxylic acids is 4. The van der Waals surface area contributed by atoms with Crippen molar-refractivity contribution in [3.63, 3.8) is 0 Å². The predicted octanol–water partition coefficient (Wildman–Crippen LogP) is 5.57. The van der Waals surface area contributed by atoms with E-state index >= 15 is 0 Å². The van der Waals surface area contributed by atoms with E-state index in [-0.39, 0.29) is 119 Å². The standard InChI is InChI=1S/C12H21N3.C12H20N2O7.C12H15NO3.C10H16N2.C8H8O2.C7H13NO4.C7H8O3S.C6H10O6.C4H10S/c1-11-2-4-12(5-3-11)10-15-9-8-14-7-6-13;15-9(1-3-11(17)18)13-5-7-21-8-6-14-10(16)2-4-12(19)20;1-9-2-4-10(5-3-9)8-13-11(14)6-7-12(15)16;1-9-2-4-10(5-3-9)8-12-7-6-11;1-6-2-4-7(5-3-6)8(9)10;1-12-5-4-8-6(9)2-3-7(10)11;1-6-2-4-7(5-3-6)11(8,9)10;7-5(8)3-11-1-2-12-4-6(9)10;1-2-3-4-5/h2-5,14-15H,6-10,13H2,1H3;1-8H2,(H,13,15)(H,14,16)(H,17,18)(H,19,20);2-5H,6-8H2,1H3,(H,13,14)(H,15,16);2-5,12H,6-8,11H2,1H3;2-5H,1H3,(H,9,10);2-5H2,1H3,(H,8,9)(H,10,11);2-5H,1H3,(H,8,9,10);1-4H2,(H,7,8)(H,9,10);5H,2-4H2,1H3. The van der Waals surface area contributed by atoms with Gasteiger partial charge in [-0.2, -0.15) is 21.0 Å². The third kappa shape index (κ3) is 80.2. The Balaban J connectivity index is -0.000000607. The van der Waals surface area contributed by atoms with Crippen molar-refractivity contribution in [2.75, 3.05) is 118 Å². The molecule has 640 valence electrons. The number of ether oxygens (including phenoxy) is 4. The summed E-state index contributed by atoms with van der Waals surface area (Å²) < 4.78 is 48.5. The first-order chi connectivity index (χ1) is 54.0. The molecule has 114 heavy (non-hydrogen) atoms. The van der Waals surface area contributed by atoms with E-state index in [0.717, 1.165) is 61.7 Å². The molecule has 0 fully saturated rings. The molecule has 0 saturated heterocycles. The largest absolute Gasteiger partial charge is 0.481 e. The fraction of sp³-hybridized carbons (Fsp3) is 0.474. The van der Waals surface area contributed by atoms with Crippen LogP contribution in [0.2, 0.25) is 0 Å². The molecule has 0 unspecified atom stereocenters. The van der Waals surface area contributed by atoms with Crippen LogP contribution in [0.4, 0.5) is 0 Å². The second-order valence-corrected chi connectivity index (χ2v) is 25.9. The molecule has 5 rings (SSSR count). The first kappa shape index (κ1) is 111. The highest BCUT2D eigenvalue weighted by molar-refractivity contribution is 7.85. The average Bonchev–Trinajstić information content (AvgIpc) is 0.867. The lowest BCUT2D eigenvalue weighted by molar-refractivity contribution is -0.146. The van der Waals surface area contributed by atoms with Gasteiger partial charge >= 0.3 is 41.8 Å². The van der Waals surface area contributed by atoms with Crippen LogP contribution in [0.25, 0.3) is 0 Å². The minimum Gasteiger partial charge on any atom is -0.481 e. The maximum Gasteiger partial charge on any atom is 0.335 e. The number of thiol groups is 1. The van der Waals surface area contributed by atoms with Gasteiger partial charge < -0.3 is 103 Å². The molecule has 0 atom stereocenters. The average molecular weight is 1650 g/mol. The number of rotatable bonds is 45. The number of aromatic carboxylic acids is 1. The third-order valence-corrected chi connectivity index (χ3v) is 14.8. The van der Waals surface area contributed by atoms with Crippen LogP contribution in [0, 0.1) is 34.6 Å². The van der Waals surface area contributed by atoms with Crippen molar-refractivity contribution in [3.8, 4) is 0 Å². The molecular weight excluding hydrogens is 1530 g/mol. The summed E-state index contributed by atoms with van der Waals surface area (Å²) in [5.41, 5.74) is 20.5. The number of carboxylic acid groups (broad SMARTS) is 7. The van der Waals surface area contributed by atoms with E-state index in [4.69, 9.17) is 56.5 Å². The van der Waals surface area contributed by atoms with Gasteiger partial charge in [0.05, 0.1) is 69.2 Å². The Kier molecular flexibility index (Phi) is 72.3. The molecule has 0 saturated carbocycles. The molecule has 0 radical (unpaired) electrons. The quantitative estimate of drug-likeness (QED) is 0.0129. The zero-order valence-electron chi connectivity index (χ0n) is 66.3. The van der Waals surface area contributed by atoms with Gasteiger partial charge in [-0.1, -0.05) is 138 Å². The third-order valence-electron chi connectivity index (χ3n) is 13.6. The van der Waals surface area contributed by atoms with Crippen molar-refractivity contribution in [1.82, 2.24) is 37.2 Å². The molecule has 5 aromatic carbocycles. The number of unbranched alkanes of at least 4 members (excludes halogenated alkanes) is 1. The van der Waals surface area contributed by atoms with Gasteiger partial charge in [0.25, 0.3) is 10.1 Å².